The second-order valence-electron chi connectivity index (χ2n) is 16.4. The maximum atomic E-state index is 12.7. The minimum atomic E-state index is -0.814. The highest BCUT2D eigenvalue weighted by atomic mass is 16.6. The van der Waals surface area contributed by atoms with Gasteiger partial charge in [0.1, 0.15) is 13.2 Å². The van der Waals surface area contributed by atoms with E-state index in [9.17, 15) is 14.4 Å². The van der Waals surface area contributed by atoms with Crippen LogP contribution in [-0.4, -0.2) is 37.2 Å². The van der Waals surface area contributed by atoms with E-state index in [1.165, 1.54) is 109 Å². The molecule has 0 fully saturated rings. The molecule has 0 bridgehead atoms. The van der Waals surface area contributed by atoms with Gasteiger partial charge in [-0.15, -0.1) is 0 Å². The zero-order valence-corrected chi connectivity index (χ0v) is 39.7. The second-order valence-corrected chi connectivity index (χ2v) is 16.4. The molecule has 0 heterocycles. The van der Waals surface area contributed by atoms with Gasteiger partial charge in [-0.2, -0.15) is 0 Å². The van der Waals surface area contributed by atoms with Gasteiger partial charge in [-0.25, -0.2) is 0 Å². The van der Waals surface area contributed by atoms with Gasteiger partial charge in [0, 0.05) is 19.3 Å². The van der Waals surface area contributed by atoms with Crippen molar-refractivity contribution < 1.29 is 28.6 Å². The molecule has 0 saturated carbocycles. The molecule has 0 aromatic carbocycles. The molecule has 0 rings (SSSR count). The molecule has 0 N–H and O–H groups in total. The van der Waals surface area contributed by atoms with Crippen molar-refractivity contribution in [3.05, 3.63) is 85.1 Å². The van der Waals surface area contributed by atoms with Crippen molar-refractivity contribution in [2.24, 2.45) is 0 Å². The highest BCUT2D eigenvalue weighted by Crippen LogP contribution is 2.14. The molecule has 1 atom stereocenters. The Balaban J connectivity index is 4.51. The topological polar surface area (TPSA) is 78.9 Å². The van der Waals surface area contributed by atoms with E-state index in [1.54, 1.807) is 0 Å². The van der Waals surface area contributed by atoms with Gasteiger partial charge in [-0.1, -0.05) is 221 Å². The Morgan fingerprint density at radius 2 is 0.721 bits per heavy atom. The number of ether oxygens (including phenoxy) is 3. The van der Waals surface area contributed by atoms with Crippen LogP contribution in [-0.2, 0) is 28.6 Å². The Morgan fingerprint density at radius 3 is 1.23 bits per heavy atom. The third-order valence-electron chi connectivity index (χ3n) is 10.5. The number of allylic oxidation sites excluding steroid dienone is 14. The van der Waals surface area contributed by atoms with E-state index in [4.69, 9.17) is 14.2 Å². The smallest absolute Gasteiger partial charge is 0.306 e. The standard InChI is InChI=1S/C55H92O6/c1-4-7-10-13-16-19-22-25-26-27-28-31-33-36-39-42-45-48-54(57)60-51-52(61-55(58)49-46-43-40-37-34-30-24-21-18-15-12-9-6-3)50-59-53(56)47-44-41-38-35-32-29-23-20-17-14-11-8-5-2/h9,12,15,18,21,24-26,28,30-31,34,36,39,52H,4-8,10-11,13-14,16-17,19-20,22-23,27,29,32-33,35,37-38,40-51H2,1-3H3/b12-9-,18-15-,24-21-,26-25-,31-28-,34-30-,39-36-. The van der Waals surface area contributed by atoms with Crippen LogP contribution >= 0.6 is 0 Å². The third kappa shape index (κ3) is 47.5. The SMILES string of the molecule is CC\C=C/C=C\C=C/C=C\CCCCCC(=O)OC(COC(=O)CCC/C=C\C/C=C\C/C=C\CCCCCCCC)COC(=O)CCCCCCCCCCCCCCC. The largest absolute Gasteiger partial charge is 0.462 e. The summed E-state index contributed by atoms with van der Waals surface area (Å²) in [6.45, 7) is 6.40. The molecule has 348 valence electrons. The molecular weight excluding hydrogens is 757 g/mol. The van der Waals surface area contributed by atoms with Crippen LogP contribution in [0.4, 0.5) is 0 Å². The van der Waals surface area contributed by atoms with Gasteiger partial charge in [0.15, 0.2) is 6.10 Å². The first kappa shape index (κ1) is 57.6. The first-order valence-corrected chi connectivity index (χ1v) is 25.1. The average molecular weight is 849 g/mol. The minimum Gasteiger partial charge on any atom is -0.462 e. The molecule has 0 aliphatic rings. The summed E-state index contributed by atoms with van der Waals surface area (Å²) >= 11 is 0. The van der Waals surface area contributed by atoms with Crippen molar-refractivity contribution in [3.63, 3.8) is 0 Å². The van der Waals surface area contributed by atoms with Crippen LogP contribution in [0.3, 0.4) is 0 Å². The Bertz CT molecular complexity index is 1200. The summed E-state index contributed by atoms with van der Waals surface area (Å²) in [5.74, 6) is -1.00. The quantitative estimate of drug-likeness (QED) is 0.0200. The maximum absolute atomic E-state index is 12.7. The molecule has 61 heavy (non-hydrogen) atoms. The lowest BCUT2D eigenvalue weighted by Crippen LogP contribution is -2.30. The lowest BCUT2D eigenvalue weighted by molar-refractivity contribution is -0.167. The number of hydrogen-bond acceptors (Lipinski definition) is 6. The van der Waals surface area contributed by atoms with Crippen LogP contribution in [0.15, 0.2) is 85.1 Å². The fraction of sp³-hybridized carbons (Fsp3) is 0.691. The van der Waals surface area contributed by atoms with Crippen molar-refractivity contribution in [1.29, 1.82) is 0 Å². The van der Waals surface area contributed by atoms with Crippen LogP contribution < -0.4 is 0 Å². The zero-order chi connectivity index (χ0) is 44.4. The molecule has 0 amide bonds. The third-order valence-corrected chi connectivity index (χ3v) is 10.5. The van der Waals surface area contributed by atoms with Crippen LogP contribution in [0, 0.1) is 0 Å². The Morgan fingerprint density at radius 1 is 0.361 bits per heavy atom. The van der Waals surface area contributed by atoms with E-state index < -0.39 is 6.10 Å². The van der Waals surface area contributed by atoms with Crippen LogP contribution in [0.25, 0.3) is 0 Å². The Labute approximate surface area is 375 Å². The number of rotatable bonds is 44. The van der Waals surface area contributed by atoms with Gasteiger partial charge in [-0.3, -0.25) is 14.4 Å². The summed E-state index contributed by atoms with van der Waals surface area (Å²) in [5.41, 5.74) is 0. The predicted molar refractivity (Wildman–Crippen MR) is 261 cm³/mol. The molecule has 0 saturated heterocycles. The molecule has 0 aliphatic heterocycles. The summed E-state index contributed by atoms with van der Waals surface area (Å²) in [4.78, 5) is 37.9. The predicted octanol–water partition coefficient (Wildman–Crippen LogP) is 16.4. The molecule has 0 aromatic heterocycles. The molecule has 0 aliphatic carbocycles. The highest BCUT2D eigenvalue weighted by Gasteiger charge is 2.19. The van der Waals surface area contributed by atoms with Crippen molar-refractivity contribution in [2.45, 2.75) is 232 Å². The van der Waals surface area contributed by atoms with Crippen molar-refractivity contribution in [3.8, 4) is 0 Å². The maximum Gasteiger partial charge on any atom is 0.306 e. The Kier molecular flexibility index (Phi) is 46.5. The van der Waals surface area contributed by atoms with Crippen LogP contribution in [0.5, 0.6) is 0 Å². The zero-order valence-electron chi connectivity index (χ0n) is 39.7. The highest BCUT2D eigenvalue weighted by molar-refractivity contribution is 5.71. The van der Waals surface area contributed by atoms with Crippen molar-refractivity contribution >= 4 is 17.9 Å². The summed E-state index contributed by atoms with van der Waals surface area (Å²) in [5, 5.41) is 0. The fourth-order valence-electron chi connectivity index (χ4n) is 6.70. The summed E-state index contributed by atoms with van der Waals surface area (Å²) in [6, 6.07) is 0. The van der Waals surface area contributed by atoms with Gasteiger partial charge >= 0.3 is 17.9 Å². The van der Waals surface area contributed by atoms with E-state index in [1.807, 2.05) is 36.5 Å². The number of unbranched alkanes of at least 4 members (excludes halogenated alkanes) is 22. The molecule has 1 unspecified atom stereocenters. The van der Waals surface area contributed by atoms with Crippen molar-refractivity contribution in [2.75, 3.05) is 13.2 Å². The van der Waals surface area contributed by atoms with Gasteiger partial charge in [0.25, 0.3) is 0 Å². The van der Waals surface area contributed by atoms with E-state index in [2.05, 4.69) is 69.4 Å². The summed E-state index contributed by atoms with van der Waals surface area (Å²) in [7, 11) is 0. The second kappa shape index (κ2) is 49.2. The average Bonchev–Trinajstić information content (AvgIpc) is 3.26. The number of esters is 3. The van der Waals surface area contributed by atoms with Gasteiger partial charge in [-0.05, 0) is 70.6 Å². The van der Waals surface area contributed by atoms with Gasteiger partial charge in [0.2, 0.25) is 0 Å². The van der Waals surface area contributed by atoms with E-state index in [-0.39, 0.29) is 44.0 Å². The summed E-state index contributed by atoms with van der Waals surface area (Å²) < 4.78 is 16.7. The molecule has 0 aromatic rings. The first-order chi connectivity index (χ1) is 30.0. The molecule has 6 nitrogen and oxygen atoms in total. The molecule has 0 spiro atoms. The van der Waals surface area contributed by atoms with Crippen LogP contribution in [0.1, 0.15) is 226 Å². The molecule has 6 heteroatoms. The van der Waals surface area contributed by atoms with Gasteiger partial charge in [0.05, 0.1) is 0 Å². The monoisotopic (exact) mass is 849 g/mol. The number of carbonyl (C=O) groups is 3. The lowest BCUT2D eigenvalue weighted by atomic mass is 10.0. The van der Waals surface area contributed by atoms with E-state index in [0.717, 1.165) is 64.2 Å². The lowest BCUT2D eigenvalue weighted by Gasteiger charge is -2.18. The summed E-state index contributed by atoms with van der Waals surface area (Å²) in [6.07, 6.45) is 62.9. The molecular formula is C55H92O6. The fourth-order valence-corrected chi connectivity index (χ4v) is 6.70. The van der Waals surface area contributed by atoms with Crippen molar-refractivity contribution in [1.82, 2.24) is 0 Å². The Hall–Kier alpha value is -3.41. The number of hydrogen-bond donors (Lipinski definition) is 0. The van der Waals surface area contributed by atoms with Crippen LogP contribution in [0.2, 0.25) is 0 Å². The first-order valence-electron chi connectivity index (χ1n) is 25.1. The van der Waals surface area contributed by atoms with Gasteiger partial charge < -0.3 is 14.2 Å². The molecule has 0 radical (unpaired) electrons. The normalized spacial score (nSPS) is 12.8. The number of carbonyl (C=O) groups excluding carboxylic acids is 3. The minimum absolute atomic E-state index is 0.107. The van der Waals surface area contributed by atoms with E-state index >= 15 is 0 Å². The van der Waals surface area contributed by atoms with E-state index in [0.29, 0.717) is 19.3 Å².